The van der Waals surface area contributed by atoms with Gasteiger partial charge in [-0.1, -0.05) is 36.4 Å². The molecule has 1 aliphatic rings. The van der Waals surface area contributed by atoms with Crippen LogP contribution in [0.3, 0.4) is 0 Å². The molecule has 0 radical (unpaired) electrons. The van der Waals surface area contributed by atoms with Crippen molar-refractivity contribution < 1.29 is 25.0 Å². The molecule has 0 spiro atoms. The topological polar surface area (TPSA) is 121 Å². The van der Waals surface area contributed by atoms with Crippen molar-refractivity contribution in [2.75, 3.05) is 6.54 Å². The van der Waals surface area contributed by atoms with Crippen LogP contribution in [0, 0.1) is 0 Å². The van der Waals surface area contributed by atoms with Crippen LogP contribution in [-0.2, 0) is 9.59 Å². The second kappa shape index (κ2) is 7.72. The Morgan fingerprint density at radius 3 is 2.50 bits per heavy atom. The average molecular weight is 405 g/mol. The van der Waals surface area contributed by atoms with Crippen LogP contribution in [0.1, 0.15) is 12.0 Å². The lowest BCUT2D eigenvalue weighted by Gasteiger charge is -2.35. The van der Waals surface area contributed by atoms with E-state index in [1.807, 2.05) is 48.5 Å². The third kappa shape index (κ3) is 3.49. The molecule has 1 aliphatic heterocycles. The molecule has 9 nitrogen and oxygen atoms in total. The second-order valence-corrected chi connectivity index (χ2v) is 6.62. The normalized spacial score (nSPS) is 13.9. The molecule has 0 amide bonds. The van der Waals surface area contributed by atoms with Gasteiger partial charge in [0.2, 0.25) is 0 Å². The van der Waals surface area contributed by atoms with Crippen LogP contribution in [0.5, 0.6) is 0 Å². The number of carbonyl (C=O) groups is 2. The highest BCUT2D eigenvalue weighted by atomic mass is 16.6. The van der Waals surface area contributed by atoms with E-state index in [1.165, 1.54) is 12.3 Å². The van der Waals surface area contributed by atoms with Gasteiger partial charge < -0.3 is 15.0 Å². The molecule has 9 heteroatoms. The van der Waals surface area contributed by atoms with E-state index in [0.29, 0.717) is 22.0 Å². The fraction of sp³-hybridized carbons (Fsp3) is 0.0952. The van der Waals surface area contributed by atoms with Gasteiger partial charge in [-0.25, -0.2) is 4.52 Å². The van der Waals surface area contributed by atoms with Gasteiger partial charge >= 0.3 is 5.97 Å². The van der Waals surface area contributed by atoms with Crippen LogP contribution >= 0.6 is 0 Å². The zero-order valence-electron chi connectivity index (χ0n) is 15.7. The number of aliphatic carboxylic acids is 2. The zero-order chi connectivity index (χ0) is 21.3. The zero-order valence-corrected chi connectivity index (χ0v) is 15.7. The first-order valence-corrected chi connectivity index (χ1v) is 9.11. The van der Waals surface area contributed by atoms with E-state index in [1.54, 1.807) is 10.7 Å². The van der Waals surface area contributed by atoms with E-state index < -0.39 is 17.6 Å². The van der Waals surface area contributed by atoms with E-state index in [9.17, 15) is 19.9 Å². The molecule has 2 aromatic heterocycles. The maximum atomic E-state index is 11.6. The van der Waals surface area contributed by atoms with E-state index in [0.717, 1.165) is 16.1 Å². The third-order valence-electron chi connectivity index (χ3n) is 4.68. The molecule has 0 bridgehead atoms. The van der Waals surface area contributed by atoms with Gasteiger partial charge in [0, 0.05) is 29.1 Å². The Morgan fingerprint density at radius 1 is 1.07 bits per heavy atom. The summed E-state index contributed by atoms with van der Waals surface area (Å²) in [5, 5.41) is 37.0. The van der Waals surface area contributed by atoms with Crippen LogP contribution in [0.2, 0.25) is 0 Å². The molecular weight excluding hydrogens is 388 g/mol. The first-order chi connectivity index (χ1) is 14.5. The average Bonchev–Trinajstić information content (AvgIpc) is 3.13. The Hall–Kier alpha value is -4.11. The summed E-state index contributed by atoms with van der Waals surface area (Å²) in [5.41, 5.74) is 2.75. The first-order valence-electron chi connectivity index (χ1n) is 9.11. The van der Waals surface area contributed by atoms with Crippen molar-refractivity contribution in [1.82, 2.24) is 19.8 Å². The molecule has 0 aliphatic carbocycles. The van der Waals surface area contributed by atoms with E-state index >= 15 is 0 Å². The van der Waals surface area contributed by atoms with Gasteiger partial charge in [-0.2, -0.15) is 10.3 Å². The van der Waals surface area contributed by atoms with Gasteiger partial charge in [0.15, 0.2) is 0 Å². The first kappa shape index (κ1) is 19.2. The lowest BCUT2D eigenvalue weighted by Crippen LogP contribution is -2.44. The highest BCUT2D eigenvalue weighted by molar-refractivity contribution is 5.96. The SMILES string of the molecule is O=C(O)CCN1C=C(c2c(-c3ccccc3)nn3ccccc23)C=C(C(=O)[O-])N1O. The molecule has 0 saturated heterocycles. The summed E-state index contributed by atoms with van der Waals surface area (Å²) in [6.07, 6.45) is 4.24. The number of allylic oxidation sites excluding steroid dienone is 2. The number of pyridine rings is 1. The predicted molar refractivity (Wildman–Crippen MR) is 104 cm³/mol. The molecule has 0 saturated carbocycles. The molecule has 30 heavy (non-hydrogen) atoms. The molecule has 152 valence electrons. The molecule has 0 atom stereocenters. The number of hydrogen-bond donors (Lipinski definition) is 2. The summed E-state index contributed by atoms with van der Waals surface area (Å²) in [6.45, 7) is -0.139. The van der Waals surface area contributed by atoms with Crippen molar-refractivity contribution >= 4 is 23.0 Å². The number of rotatable bonds is 6. The van der Waals surface area contributed by atoms with E-state index in [-0.39, 0.29) is 13.0 Å². The minimum atomic E-state index is -1.60. The molecule has 4 rings (SSSR count). The fourth-order valence-corrected chi connectivity index (χ4v) is 3.32. The van der Waals surface area contributed by atoms with Gasteiger partial charge in [-0.3, -0.25) is 15.0 Å². The highest BCUT2D eigenvalue weighted by Crippen LogP contribution is 2.35. The summed E-state index contributed by atoms with van der Waals surface area (Å²) in [4.78, 5) is 22.6. The lowest BCUT2D eigenvalue weighted by molar-refractivity contribution is -0.310. The number of benzene rings is 1. The smallest absolute Gasteiger partial charge is 0.305 e. The van der Waals surface area contributed by atoms with Gasteiger partial charge in [-0.05, 0) is 18.2 Å². The quantitative estimate of drug-likeness (QED) is 0.631. The fourth-order valence-electron chi connectivity index (χ4n) is 3.32. The lowest BCUT2D eigenvalue weighted by atomic mass is 9.98. The minimum absolute atomic E-state index is 0.139. The number of hydrogen-bond acceptors (Lipinski definition) is 7. The second-order valence-electron chi connectivity index (χ2n) is 6.62. The third-order valence-corrected chi connectivity index (χ3v) is 4.68. The Kier molecular flexibility index (Phi) is 4.95. The number of nitrogens with zero attached hydrogens (tertiary/aromatic N) is 4. The number of hydroxylamine groups is 1. The summed E-state index contributed by atoms with van der Waals surface area (Å²) in [7, 11) is 0. The number of carbonyl (C=O) groups excluding carboxylic acids is 1. The minimum Gasteiger partial charge on any atom is -0.543 e. The molecule has 3 aromatic rings. The Balaban J connectivity index is 1.92. The van der Waals surface area contributed by atoms with Crippen molar-refractivity contribution in [2.45, 2.75) is 6.42 Å². The number of carboxylic acid groups (broad SMARTS) is 2. The summed E-state index contributed by atoms with van der Waals surface area (Å²) >= 11 is 0. The van der Waals surface area contributed by atoms with Crippen LogP contribution in [0.4, 0.5) is 0 Å². The van der Waals surface area contributed by atoms with Crippen LogP contribution < -0.4 is 5.11 Å². The Labute approximate surface area is 170 Å². The molecule has 0 unspecified atom stereocenters. The largest absolute Gasteiger partial charge is 0.543 e. The number of aromatic nitrogens is 2. The van der Waals surface area contributed by atoms with Gasteiger partial charge in [0.05, 0.1) is 24.5 Å². The van der Waals surface area contributed by atoms with Gasteiger partial charge in [0.1, 0.15) is 11.4 Å². The van der Waals surface area contributed by atoms with Crippen LogP contribution in [0.15, 0.2) is 72.7 Å². The van der Waals surface area contributed by atoms with E-state index in [2.05, 4.69) is 5.10 Å². The van der Waals surface area contributed by atoms with Gasteiger partial charge in [0.25, 0.3) is 0 Å². The Morgan fingerprint density at radius 2 is 1.80 bits per heavy atom. The summed E-state index contributed by atoms with van der Waals surface area (Å²) < 4.78 is 1.68. The summed E-state index contributed by atoms with van der Waals surface area (Å²) in [6, 6.07) is 14.9. The van der Waals surface area contributed by atoms with Crippen LogP contribution in [-0.4, -0.2) is 48.6 Å². The highest BCUT2D eigenvalue weighted by Gasteiger charge is 2.25. The van der Waals surface area contributed by atoms with Crippen molar-refractivity contribution in [2.24, 2.45) is 0 Å². The van der Waals surface area contributed by atoms with E-state index in [4.69, 9.17) is 5.11 Å². The van der Waals surface area contributed by atoms with Crippen molar-refractivity contribution in [1.29, 1.82) is 0 Å². The maximum Gasteiger partial charge on any atom is 0.305 e. The number of hydrazine groups is 1. The molecular formula is C21H17N4O5-. The van der Waals surface area contributed by atoms with Crippen LogP contribution in [0.25, 0.3) is 22.3 Å². The maximum absolute atomic E-state index is 11.6. The van der Waals surface area contributed by atoms with Gasteiger partial charge in [-0.15, -0.1) is 0 Å². The molecule has 1 aromatic carbocycles. The Bertz CT molecular complexity index is 1180. The van der Waals surface area contributed by atoms with Crippen molar-refractivity contribution in [3.63, 3.8) is 0 Å². The summed E-state index contributed by atoms with van der Waals surface area (Å²) in [5.74, 6) is -2.68. The van der Waals surface area contributed by atoms with Crippen molar-refractivity contribution in [3.8, 4) is 11.3 Å². The molecule has 0 fully saturated rings. The molecule has 3 heterocycles. The standard InChI is InChI=1S/C21H18N4O5/c26-18(27)9-11-23-13-15(12-17(21(28)29)25(23)30)19-16-8-4-5-10-24(16)22-20(19)14-6-2-1-3-7-14/h1-8,10,12-13,30H,9,11H2,(H,26,27)(H,28,29)/p-1. The monoisotopic (exact) mass is 405 g/mol. The number of fused-ring (bicyclic) bond motifs is 1. The number of carboxylic acids is 2. The van der Waals surface area contributed by atoms with Crippen molar-refractivity contribution in [3.05, 3.63) is 78.3 Å². The predicted octanol–water partition coefficient (Wildman–Crippen LogP) is 1.37. The molecule has 2 N–H and O–H groups in total.